The van der Waals surface area contributed by atoms with E-state index in [1.54, 1.807) is 22.7 Å². The highest BCUT2D eigenvalue weighted by atomic mass is 32.1. The molecule has 25 heavy (non-hydrogen) atoms. The first-order valence-corrected chi connectivity index (χ1v) is 9.76. The fourth-order valence-electron chi connectivity index (χ4n) is 2.25. The average molecular weight is 375 g/mol. The molecular formula is C17H22N6S2. The zero-order valence-corrected chi connectivity index (χ0v) is 16.2. The third-order valence-electron chi connectivity index (χ3n) is 3.80. The number of hydrogen-bond donors (Lipinski definition) is 2. The van der Waals surface area contributed by atoms with Gasteiger partial charge in [-0.15, -0.1) is 32.9 Å². The molecule has 3 rings (SSSR count). The van der Waals surface area contributed by atoms with E-state index in [4.69, 9.17) is 0 Å². The largest absolute Gasteiger partial charge is 0.351 e. The molecule has 0 aromatic carbocycles. The van der Waals surface area contributed by atoms with Gasteiger partial charge in [-0.2, -0.15) is 0 Å². The van der Waals surface area contributed by atoms with Crippen LogP contribution in [0.1, 0.15) is 26.3 Å². The molecule has 3 aromatic rings. The van der Waals surface area contributed by atoms with Crippen molar-refractivity contribution in [3.8, 4) is 0 Å². The lowest BCUT2D eigenvalue weighted by Crippen LogP contribution is -2.36. The number of guanidine groups is 1. The Labute approximate surface area is 155 Å². The van der Waals surface area contributed by atoms with Crippen LogP contribution < -0.4 is 10.6 Å². The predicted molar refractivity (Wildman–Crippen MR) is 104 cm³/mol. The minimum atomic E-state index is 0.487. The first-order valence-electron chi connectivity index (χ1n) is 8.06. The quantitative estimate of drug-likeness (QED) is 0.514. The number of aryl methyl sites for hydroxylation is 2. The Bertz CT molecular complexity index is 831. The van der Waals surface area contributed by atoms with E-state index in [0.717, 1.165) is 30.7 Å². The molecule has 0 fully saturated rings. The van der Waals surface area contributed by atoms with E-state index in [2.05, 4.69) is 62.4 Å². The van der Waals surface area contributed by atoms with Crippen LogP contribution >= 0.6 is 22.7 Å². The van der Waals surface area contributed by atoms with Gasteiger partial charge in [0.15, 0.2) is 11.8 Å². The summed E-state index contributed by atoms with van der Waals surface area (Å²) in [5.74, 6) is 2.52. The monoisotopic (exact) mass is 374 g/mol. The van der Waals surface area contributed by atoms with Crippen molar-refractivity contribution in [1.82, 2.24) is 25.4 Å². The van der Waals surface area contributed by atoms with E-state index in [0.29, 0.717) is 6.54 Å². The van der Waals surface area contributed by atoms with Crippen LogP contribution in [0.4, 0.5) is 0 Å². The maximum absolute atomic E-state index is 4.67. The Hall–Kier alpha value is -2.19. The van der Waals surface area contributed by atoms with Gasteiger partial charge in [0.05, 0.1) is 13.1 Å². The van der Waals surface area contributed by atoms with E-state index in [1.165, 1.54) is 14.6 Å². The van der Waals surface area contributed by atoms with Crippen molar-refractivity contribution in [1.29, 1.82) is 0 Å². The molecular weight excluding hydrogens is 352 g/mol. The van der Waals surface area contributed by atoms with Crippen LogP contribution in [0.25, 0.3) is 0 Å². The molecule has 0 amide bonds. The van der Waals surface area contributed by atoms with Crippen molar-refractivity contribution in [2.24, 2.45) is 12.0 Å². The summed E-state index contributed by atoms with van der Waals surface area (Å²) >= 11 is 3.53. The van der Waals surface area contributed by atoms with Crippen LogP contribution in [0.15, 0.2) is 34.6 Å². The molecule has 0 radical (unpaired) electrons. The molecule has 0 saturated carbocycles. The molecule has 0 saturated heterocycles. The van der Waals surface area contributed by atoms with Gasteiger partial charge in [0.25, 0.3) is 0 Å². The van der Waals surface area contributed by atoms with Gasteiger partial charge in [-0.25, -0.2) is 4.99 Å². The normalized spacial score (nSPS) is 11.7. The maximum atomic E-state index is 4.67. The summed E-state index contributed by atoms with van der Waals surface area (Å²) in [6.07, 6.45) is 0. The SMILES string of the molecule is Cc1ccc(CNC(=NCc2nnc(C)n2C)NCc2cccs2)s1. The first-order chi connectivity index (χ1) is 12.1. The molecule has 0 aliphatic rings. The minimum absolute atomic E-state index is 0.487. The molecule has 0 aliphatic carbocycles. The number of rotatable bonds is 6. The van der Waals surface area contributed by atoms with Gasteiger partial charge in [-0.05, 0) is 37.4 Å². The lowest BCUT2D eigenvalue weighted by atomic mass is 10.4. The van der Waals surface area contributed by atoms with Gasteiger partial charge in [0.1, 0.15) is 12.4 Å². The highest BCUT2D eigenvalue weighted by Crippen LogP contribution is 2.14. The van der Waals surface area contributed by atoms with Crippen LogP contribution in [-0.4, -0.2) is 20.7 Å². The third-order valence-corrected chi connectivity index (χ3v) is 5.67. The molecule has 0 aliphatic heterocycles. The zero-order valence-electron chi connectivity index (χ0n) is 14.6. The Kier molecular flexibility index (Phi) is 5.83. The summed E-state index contributed by atoms with van der Waals surface area (Å²) < 4.78 is 1.96. The Balaban J connectivity index is 1.65. The van der Waals surface area contributed by atoms with Crippen LogP contribution in [0, 0.1) is 13.8 Å². The van der Waals surface area contributed by atoms with E-state index in [-0.39, 0.29) is 0 Å². The van der Waals surface area contributed by atoms with Gasteiger partial charge in [0, 0.05) is 21.7 Å². The number of aromatic nitrogens is 3. The maximum Gasteiger partial charge on any atom is 0.192 e. The molecule has 3 aromatic heterocycles. The van der Waals surface area contributed by atoms with Crippen LogP contribution in [0.5, 0.6) is 0 Å². The highest BCUT2D eigenvalue weighted by Gasteiger charge is 2.06. The molecule has 3 heterocycles. The molecule has 0 spiro atoms. The Morgan fingerprint density at radius 3 is 2.52 bits per heavy atom. The standard InChI is InChI=1S/C17H22N6S2/c1-12-6-7-15(25-12)10-19-17(18-9-14-5-4-8-24-14)20-11-16-22-21-13(2)23(16)3/h4-8H,9-11H2,1-3H3,(H2,18,19,20). The van der Waals surface area contributed by atoms with E-state index < -0.39 is 0 Å². The van der Waals surface area contributed by atoms with Crippen molar-refractivity contribution in [3.63, 3.8) is 0 Å². The van der Waals surface area contributed by atoms with E-state index in [1.807, 2.05) is 18.5 Å². The summed E-state index contributed by atoms with van der Waals surface area (Å²) in [6.45, 7) is 6.06. The van der Waals surface area contributed by atoms with Crippen molar-refractivity contribution < 1.29 is 0 Å². The molecule has 2 N–H and O–H groups in total. The molecule has 6 nitrogen and oxygen atoms in total. The van der Waals surface area contributed by atoms with Crippen molar-refractivity contribution >= 4 is 28.6 Å². The summed E-state index contributed by atoms with van der Waals surface area (Å²) in [7, 11) is 1.96. The third kappa shape index (κ3) is 4.90. The van der Waals surface area contributed by atoms with E-state index in [9.17, 15) is 0 Å². The van der Waals surface area contributed by atoms with Gasteiger partial charge >= 0.3 is 0 Å². The number of aliphatic imine (C=N–C) groups is 1. The average Bonchev–Trinajstić information content (AvgIpc) is 3.32. The fourth-order valence-corrected chi connectivity index (χ4v) is 3.72. The fraction of sp³-hybridized carbons (Fsp3) is 0.353. The second-order valence-corrected chi connectivity index (χ2v) is 8.09. The summed E-state index contributed by atoms with van der Waals surface area (Å²) in [5.41, 5.74) is 0. The lowest BCUT2D eigenvalue weighted by Gasteiger charge is -2.11. The minimum Gasteiger partial charge on any atom is -0.351 e. The van der Waals surface area contributed by atoms with Crippen molar-refractivity contribution in [2.45, 2.75) is 33.5 Å². The molecule has 0 atom stereocenters. The topological polar surface area (TPSA) is 67.1 Å². The van der Waals surface area contributed by atoms with Gasteiger partial charge in [-0.1, -0.05) is 6.07 Å². The summed E-state index contributed by atoms with van der Waals surface area (Å²) in [5, 5.41) is 17.1. The van der Waals surface area contributed by atoms with Crippen molar-refractivity contribution in [2.75, 3.05) is 0 Å². The molecule has 0 unspecified atom stereocenters. The molecule has 8 heteroatoms. The first kappa shape index (κ1) is 17.6. The number of nitrogens with zero attached hydrogens (tertiary/aromatic N) is 4. The summed E-state index contributed by atoms with van der Waals surface area (Å²) in [6, 6.07) is 8.46. The number of thiophene rings is 2. The molecule has 132 valence electrons. The van der Waals surface area contributed by atoms with Gasteiger partial charge in [-0.3, -0.25) is 0 Å². The number of hydrogen-bond acceptors (Lipinski definition) is 5. The van der Waals surface area contributed by atoms with Gasteiger partial charge in [0.2, 0.25) is 0 Å². The zero-order chi connectivity index (χ0) is 17.6. The smallest absolute Gasteiger partial charge is 0.192 e. The second-order valence-electron chi connectivity index (χ2n) is 5.69. The van der Waals surface area contributed by atoms with E-state index >= 15 is 0 Å². The second kappa shape index (κ2) is 8.26. The molecule has 0 bridgehead atoms. The van der Waals surface area contributed by atoms with Crippen LogP contribution in [0.2, 0.25) is 0 Å². The Morgan fingerprint density at radius 2 is 1.92 bits per heavy atom. The van der Waals surface area contributed by atoms with Crippen molar-refractivity contribution in [3.05, 3.63) is 55.9 Å². The summed E-state index contributed by atoms with van der Waals surface area (Å²) in [4.78, 5) is 8.55. The lowest BCUT2D eigenvalue weighted by molar-refractivity contribution is 0.754. The van der Waals surface area contributed by atoms with Crippen LogP contribution in [0.3, 0.4) is 0 Å². The Morgan fingerprint density at radius 1 is 1.12 bits per heavy atom. The predicted octanol–water partition coefficient (Wildman–Crippen LogP) is 2.99. The number of nitrogens with one attached hydrogen (secondary N) is 2. The highest BCUT2D eigenvalue weighted by molar-refractivity contribution is 7.11. The van der Waals surface area contributed by atoms with Gasteiger partial charge < -0.3 is 15.2 Å². The van der Waals surface area contributed by atoms with Crippen LogP contribution in [-0.2, 0) is 26.7 Å².